The molecule has 1 aliphatic rings. The summed E-state index contributed by atoms with van der Waals surface area (Å²) in [6.07, 6.45) is -5.80. The molecule has 4 N–H and O–H groups in total. The van der Waals surface area contributed by atoms with Crippen LogP contribution in [0.25, 0.3) is 10.8 Å². The van der Waals surface area contributed by atoms with Crippen molar-refractivity contribution in [3.8, 4) is 0 Å². The molecule has 142 valence electrons. The van der Waals surface area contributed by atoms with E-state index in [9.17, 15) is 20.4 Å². The van der Waals surface area contributed by atoms with Crippen molar-refractivity contribution < 1.29 is 34.9 Å². The third-order valence-electron chi connectivity index (χ3n) is 4.47. The number of hydrogen-bond acceptors (Lipinski definition) is 7. The maximum absolute atomic E-state index is 11.1. The standard InChI is InChI=1S/C19H24O7/c1-11(2)25-26-17-15(10-20)24-19(23,18(22)16(17)21)14-9-5-7-12-6-3-4-8-13(12)14/h3-9,11,15-18,20-23H,10H2,1-2H3/t15-,16+,17+,18-,19-/m1/s1. The molecule has 2 aromatic carbocycles. The van der Waals surface area contributed by atoms with Crippen molar-refractivity contribution in [3.05, 3.63) is 48.0 Å². The molecular formula is C19H24O7. The minimum absolute atomic E-state index is 0.294. The van der Waals surface area contributed by atoms with E-state index in [0.29, 0.717) is 10.9 Å². The molecule has 1 heterocycles. The van der Waals surface area contributed by atoms with Crippen molar-refractivity contribution in [2.75, 3.05) is 6.61 Å². The van der Waals surface area contributed by atoms with Gasteiger partial charge in [-0.2, -0.15) is 0 Å². The van der Waals surface area contributed by atoms with E-state index < -0.39 is 36.8 Å². The highest BCUT2D eigenvalue weighted by Crippen LogP contribution is 2.40. The molecule has 26 heavy (non-hydrogen) atoms. The Labute approximate surface area is 151 Å². The summed E-state index contributed by atoms with van der Waals surface area (Å²) >= 11 is 0. The van der Waals surface area contributed by atoms with Crippen LogP contribution >= 0.6 is 0 Å². The van der Waals surface area contributed by atoms with Crippen molar-refractivity contribution in [2.45, 2.75) is 50.2 Å². The summed E-state index contributed by atoms with van der Waals surface area (Å²) in [5.41, 5.74) is 0.295. The van der Waals surface area contributed by atoms with Gasteiger partial charge in [-0.15, -0.1) is 0 Å². The first kappa shape index (κ1) is 19.2. The van der Waals surface area contributed by atoms with Crippen molar-refractivity contribution in [2.24, 2.45) is 0 Å². The quantitative estimate of drug-likeness (QED) is 0.459. The van der Waals surface area contributed by atoms with Crippen LogP contribution in [0.3, 0.4) is 0 Å². The van der Waals surface area contributed by atoms with Crippen LogP contribution in [-0.2, 0) is 20.3 Å². The fourth-order valence-corrected chi connectivity index (χ4v) is 3.19. The third-order valence-corrected chi connectivity index (χ3v) is 4.47. The number of hydrogen-bond donors (Lipinski definition) is 4. The molecule has 0 bridgehead atoms. The fourth-order valence-electron chi connectivity index (χ4n) is 3.19. The Morgan fingerprint density at radius 1 is 1.12 bits per heavy atom. The lowest BCUT2D eigenvalue weighted by Gasteiger charge is -2.46. The van der Waals surface area contributed by atoms with Gasteiger partial charge >= 0.3 is 0 Å². The minimum atomic E-state index is -2.22. The highest BCUT2D eigenvalue weighted by molar-refractivity contribution is 5.86. The molecule has 7 nitrogen and oxygen atoms in total. The minimum Gasteiger partial charge on any atom is -0.394 e. The van der Waals surface area contributed by atoms with E-state index in [4.69, 9.17) is 14.5 Å². The van der Waals surface area contributed by atoms with Gasteiger partial charge in [0.2, 0.25) is 5.79 Å². The zero-order valence-corrected chi connectivity index (χ0v) is 14.6. The predicted octanol–water partition coefficient (Wildman–Crippen LogP) is 0.823. The van der Waals surface area contributed by atoms with Crippen LogP contribution in [0.15, 0.2) is 42.5 Å². The fraction of sp³-hybridized carbons (Fsp3) is 0.474. The zero-order valence-electron chi connectivity index (χ0n) is 14.6. The highest BCUT2D eigenvalue weighted by atomic mass is 17.2. The lowest BCUT2D eigenvalue weighted by Crippen LogP contribution is -2.64. The monoisotopic (exact) mass is 364 g/mol. The maximum Gasteiger partial charge on any atom is 0.223 e. The summed E-state index contributed by atoms with van der Waals surface area (Å²) in [5.74, 6) is -2.22. The third kappa shape index (κ3) is 3.35. The Balaban J connectivity index is 1.99. The molecule has 1 fully saturated rings. The topological polar surface area (TPSA) is 109 Å². The summed E-state index contributed by atoms with van der Waals surface area (Å²) in [5, 5.41) is 43.4. The number of benzene rings is 2. The molecule has 0 aliphatic carbocycles. The van der Waals surface area contributed by atoms with E-state index in [1.165, 1.54) is 0 Å². The van der Waals surface area contributed by atoms with Gasteiger partial charge < -0.3 is 25.2 Å². The summed E-state index contributed by atoms with van der Waals surface area (Å²) in [7, 11) is 0. The molecule has 5 atom stereocenters. The first-order valence-corrected chi connectivity index (χ1v) is 8.56. The summed E-state index contributed by atoms with van der Waals surface area (Å²) in [6, 6.07) is 12.5. The van der Waals surface area contributed by atoms with Crippen molar-refractivity contribution >= 4 is 10.8 Å². The van der Waals surface area contributed by atoms with E-state index in [-0.39, 0.29) is 6.10 Å². The van der Waals surface area contributed by atoms with Crippen LogP contribution < -0.4 is 0 Å². The molecule has 3 rings (SSSR count). The Morgan fingerprint density at radius 3 is 2.50 bits per heavy atom. The molecule has 0 spiro atoms. The molecular weight excluding hydrogens is 340 g/mol. The van der Waals surface area contributed by atoms with Gasteiger partial charge in [0.15, 0.2) is 0 Å². The number of rotatable bonds is 5. The van der Waals surface area contributed by atoms with Crippen molar-refractivity contribution in [3.63, 3.8) is 0 Å². The molecule has 2 aromatic rings. The first-order valence-electron chi connectivity index (χ1n) is 8.56. The van der Waals surface area contributed by atoms with Gasteiger partial charge in [-0.3, -0.25) is 0 Å². The molecule has 7 heteroatoms. The van der Waals surface area contributed by atoms with Gasteiger partial charge in [0.25, 0.3) is 0 Å². The maximum atomic E-state index is 11.1. The van der Waals surface area contributed by atoms with E-state index >= 15 is 0 Å². The van der Waals surface area contributed by atoms with Gasteiger partial charge in [-0.1, -0.05) is 42.5 Å². The summed E-state index contributed by atoms with van der Waals surface area (Å²) in [6.45, 7) is 2.92. The van der Waals surface area contributed by atoms with Crippen molar-refractivity contribution in [1.82, 2.24) is 0 Å². The van der Waals surface area contributed by atoms with Crippen LogP contribution in [0.5, 0.6) is 0 Å². The molecule has 0 aromatic heterocycles. The SMILES string of the molecule is CC(C)OO[C@@H]1[C@H](O)[C@@H](O)[C@@](O)(c2cccc3ccccc23)O[C@@H]1CO. The molecule has 1 saturated heterocycles. The molecule has 1 aliphatic heterocycles. The Morgan fingerprint density at radius 2 is 1.81 bits per heavy atom. The number of ether oxygens (including phenoxy) is 1. The lowest BCUT2D eigenvalue weighted by molar-refractivity contribution is -0.427. The van der Waals surface area contributed by atoms with Gasteiger partial charge in [-0.05, 0) is 24.6 Å². The average Bonchev–Trinajstić information content (AvgIpc) is 2.64. The normalized spacial score (nSPS) is 32.3. The molecule has 0 radical (unpaired) electrons. The number of fused-ring (bicyclic) bond motifs is 1. The van der Waals surface area contributed by atoms with E-state index in [1.54, 1.807) is 38.1 Å². The second-order valence-corrected chi connectivity index (χ2v) is 6.70. The number of aliphatic hydroxyl groups excluding tert-OH is 3. The van der Waals surface area contributed by atoms with E-state index in [2.05, 4.69) is 0 Å². The van der Waals surface area contributed by atoms with Crippen LogP contribution in [0, 0.1) is 0 Å². The van der Waals surface area contributed by atoms with Crippen LogP contribution in [0.4, 0.5) is 0 Å². The van der Waals surface area contributed by atoms with Gasteiger partial charge in [0.1, 0.15) is 24.4 Å². The second-order valence-electron chi connectivity index (χ2n) is 6.70. The zero-order chi connectivity index (χ0) is 18.9. The van der Waals surface area contributed by atoms with Crippen LogP contribution in [0.1, 0.15) is 19.4 Å². The molecule has 0 amide bonds. The predicted molar refractivity (Wildman–Crippen MR) is 92.9 cm³/mol. The average molecular weight is 364 g/mol. The van der Waals surface area contributed by atoms with E-state index in [0.717, 1.165) is 5.39 Å². The Kier molecular flexibility index (Phi) is 5.59. The van der Waals surface area contributed by atoms with E-state index in [1.807, 2.05) is 18.2 Å². The first-order chi connectivity index (χ1) is 12.4. The van der Waals surface area contributed by atoms with Crippen LogP contribution in [0.2, 0.25) is 0 Å². The Hall–Kier alpha value is -1.58. The van der Waals surface area contributed by atoms with Crippen LogP contribution in [-0.4, -0.2) is 57.6 Å². The lowest BCUT2D eigenvalue weighted by atomic mass is 9.86. The Bertz CT molecular complexity index is 742. The molecule has 0 saturated carbocycles. The second kappa shape index (κ2) is 7.58. The number of aliphatic hydroxyl groups is 4. The van der Waals surface area contributed by atoms with Gasteiger partial charge in [0, 0.05) is 5.56 Å². The largest absolute Gasteiger partial charge is 0.394 e. The molecule has 0 unspecified atom stereocenters. The highest BCUT2D eigenvalue weighted by Gasteiger charge is 2.55. The summed E-state index contributed by atoms with van der Waals surface area (Å²) < 4.78 is 5.64. The van der Waals surface area contributed by atoms with Gasteiger partial charge in [-0.25, -0.2) is 9.78 Å². The summed E-state index contributed by atoms with van der Waals surface area (Å²) in [4.78, 5) is 10.2. The van der Waals surface area contributed by atoms with Gasteiger partial charge in [0.05, 0.1) is 12.7 Å². The van der Waals surface area contributed by atoms with Crippen molar-refractivity contribution in [1.29, 1.82) is 0 Å². The smallest absolute Gasteiger partial charge is 0.223 e.